The van der Waals surface area contributed by atoms with Gasteiger partial charge in [-0.1, -0.05) is 19.3 Å². The average Bonchev–Trinajstić information content (AvgIpc) is 3.17. The first-order chi connectivity index (χ1) is 8.15. The first-order valence-electron chi connectivity index (χ1n) is 6.74. The molecular formula is C13H20N2O2. The molecule has 1 N–H and O–H groups in total. The van der Waals surface area contributed by atoms with Gasteiger partial charge < -0.3 is 10.2 Å². The molecule has 94 valence electrons. The summed E-state index contributed by atoms with van der Waals surface area (Å²) in [6.07, 6.45) is 7.12. The van der Waals surface area contributed by atoms with Gasteiger partial charge in [-0.2, -0.15) is 0 Å². The topological polar surface area (TPSA) is 49.4 Å². The number of rotatable bonds is 1. The number of carbonyl (C=O) groups excluding carboxylic acids is 2. The van der Waals surface area contributed by atoms with E-state index in [0.717, 1.165) is 38.5 Å². The molecule has 1 heterocycles. The quantitative estimate of drug-likeness (QED) is 0.740. The summed E-state index contributed by atoms with van der Waals surface area (Å²) in [6.45, 7) is 0. The van der Waals surface area contributed by atoms with Gasteiger partial charge in [0.2, 0.25) is 11.8 Å². The molecule has 3 fully saturated rings. The second-order valence-electron chi connectivity index (χ2n) is 5.78. The van der Waals surface area contributed by atoms with Gasteiger partial charge in [0.25, 0.3) is 0 Å². The second kappa shape index (κ2) is 3.72. The van der Waals surface area contributed by atoms with Crippen molar-refractivity contribution in [3.63, 3.8) is 0 Å². The van der Waals surface area contributed by atoms with Crippen molar-refractivity contribution in [1.82, 2.24) is 10.2 Å². The fourth-order valence-corrected chi connectivity index (χ4v) is 3.36. The highest BCUT2D eigenvalue weighted by molar-refractivity contribution is 6.00. The van der Waals surface area contributed by atoms with Crippen LogP contribution in [0.3, 0.4) is 0 Å². The van der Waals surface area contributed by atoms with Crippen LogP contribution < -0.4 is 5.32 Å². The van der Waals surface area contributed by atoms with E-state index in [9.17, 15) is 9.59 Å². The second-order valence-corrected chi connectivity index (χ2v) is 5.78. The molecule has 2 amide bonds. The summed E-state index contributed by atoms with van der Waals surface area (Å²) in [7, 11) is 1.82. The van der Waals surface area contributed by atoms with Gasteiger partial charge in [-0.15, -0.1) is 0 Å². The van der Waals surface area contributed by atoms with Crippen LogP contribution in [-0.4, -0.2) is 35.3 Å². The zero-order chi connectivity index (χ0) is 12.0. The predicted molar refractivity (Wildman–Crippen MR) is 63.2 cm³/mol. The Labute approximate surface area is 102 Å². The van der Waals surface area contributed by atoms with E-state index in [2.05, 4.69) is 5.32 Å². The van der Waals surface area contributed by atoms with E-state index in [0.29, 0.717) is 5.92 Å². The number of likely N-dealkylation sites (N-methyl/N-ethyl adjacent to an activating group) is 1. The van der Waals surface area contributed by atoms with Crippen molar-refractivity contribution in [2.24, 2.45) is 5.92 Å². The van der Waals surface area contributed by atoms with E-state index in [1.165, 1.54) is 6.42 Å². The first kappa shape index (κ1) is 11.1. The molecule has 1 aliphatic heterocycles. The molecule has 3 rings (SSSR count). The van der Waals surface area contributed by atoms with Gasteiger partial charge in [0, 0.05) is 7.05 Å². The summed E-state index contributed by atoms with van der Waals surface area (Å²) in [4.78, 5) is 26.5. The molecule has 0 radical (unpaired) electrons. The van der Waals surface area contributed by atoms with Gasteiger partial charge in [0.05, 0.1) is 0 Å². The highest BCUT2D eigenvalue weighted by Gasteiger charge is 2.53. The molecule has 0 bridgehead atoms. The molecule has 4 heteroatoms. The molecule has 0 aromatic heterocycles. The largest absolute Gasteiger partial charge is 0.342 e. The van der Waals surface area contributed by atoms with E-state index in [4.69, 9.17) is 0 Å². The van der Waals surface area contributed by atoms with Crippen molar-refractivity contribution in [1.29, 1.82) is 0 Å². The standard InChI is InChI=1S/C13H20N2O2/c1-15-11(16)10(9-5-6-9)14-12(17)13(15)7-3-2-4-8-13/h9-10H,2-8H2,1H3,(H,14,17). The van der Waals surface area contributed by atoms with Crippen LogP contribution in [0.25, 0.3) is 0 Å². The summed E-state index contributed by atoms with van der Waals surface area (Å²) < 4.78 is 0. The lowest BCUT2D eigenvalue weighted by atomic mass is 9.77. The Bertz CT molecular complexity index is 356. The predicted octanol–water partition coefficient (Wildman–Crippen LogP) is 1.06. The fourth-order valence-electron chi connectivity index (χ4n) is 3.36. The Morgan fingerprint density at radius 3 is 2.41 bits per heavy atom. The van der Waals surface area contributed by atoms with Crippen LogP contribution in [0.2, 0.25) is 0 Å². The lowest BCUT2D eigenvalue weighted by Crippen LogP contribution is -2.70. The fraction of sp³-hybridized carbons (Fsp3) is 0.846. The maximum absolute atomic E-state index is 12.4. The van der Waals surface area contributed by atoms with Crippen molar-refractivity contribution in [2.45, 2.75) is 56.5 Å². The molecule has 2 aliphatic carbocycles. The van der Waals surface area contributed by atoms with E-state index in [1.54, 1.807) is 4.90 Å². The Morgan fingerprint density at radius 2 is 1.82 bits per heavy atom. The van der Waals surface area contributed by atoms with Gasteiger partial charge >= 0.3 is 0 Å². The maximum Gasteiger partial charge on any atom is 0.246 e. The summed E-state index contributed by atoms with van der Waals surface area (Å²) in [5.41, 5.74) is -0.527. The molecule has 1 atom stereocenters. The highest BCUT2D eigenvalue weighted by atomic mass is 16.2. The van der Waals surface area contributed by atoms with Crippen molar-refractivity contribution in [2.75, 3.05) is 7.05 Å². The highest BCUT2D eigenvalue weighted by Crippen LogP contribution is 2.40. The smallest absolute Gasteiger partial charge is 0.246 e. The van der Waals surface area contributed by atoms with Crippen LogP contribution in [0.1, 0.15) is 44.9 Å². The van der Waals surface area contributed by atoms with Crippen LogP contribution in [0.15, 0.2) is 0 Å². The number of piperazine rings is 1. The van der Waals surface area contributed by atoms with Crippen molar-refractivity contribution in [3.05, 3.63) is 0 Å². The van der Waals surface area contributed by atoms with E-state index in [-0.39, 0.29) is 17.9 Å². The molecule has 1 spiro atoms. The van der Waals surface area contributed by atoms with Gasteiger partial charge in [-0.25, -0.2) is 0 Å². The molecule has 2 saturated carbocycles. The maximum atomic E-state index is 12.4. The summed E-state index contributed by atoms with van der Waals surface area (Å²) >= 11 is 0. The SMILES string of the molecule is CN1C(=O)C(C2CC2)NC(=O)C12CCCCC2. The zero-order valence-electron chi connectivity index (χ0n) is 10.4. The molecule has 3 aliphatic rings. The summed E-state index contributed by atoms with van der Waals surface area (Å²) in [5, 5.41) is 2.99. The lowest BCUT2D eigenvalue weighted by molar-refractivity contribution is -0.158. The molecule has 0 aromatic rings. The van der Waals surface area contributed by atoms with E-state index < -0.39 is 5.54 Å². The number of nitrogens with one attached hydrogen (secondary N) is 1. The van der Waals surface area contributed by atoms with Crippen LogP contribution in [0.4, 0.5) is 0 Å². The van der Waals surface area contributed by atoms with E-state index in [1.807, 2.05) is 7.05 Å². The van der Waals surface area contributed by atoms with Gasteiger partial charge in [0.1, 0.15) is 11.6 Å². The third-order valence-corrected chi connectivity index (χ3v) is 4.72. The van der Waals surface area contributed by atoms with Gasteiger partial charge in [-0.05, 0) is 31.6 Å². The normalized spacial score (nSPS) is 32.8. The first-order valence-corrected chi connectivity index (χ1v) is 6.74. The Kier molecular flexibility index (Phi) is 2.42. The molecule has 1 unspecified atom stereocenters. The van der Waals surface area contributed by atoms with Crippen molar-refractivity contribution >= 4 is 11.8 Å². The third-order valence-electron chi connectivity index (χ3n) is 4.72. The van der Waals surface area contributed by atoms with E-state index >= 15 is 0 Å². The average molecular weight is 236 g/mol. The zero-order valence-corrected chi connectivity index (χ0v) is 10.4. The Morgan fingerprint density at radius 1 is 1.18 bits per heavy atom. The number of nitrogens with zero attached hydrogens (tertiary/aromatic N) is 1. The molecule has 17 heavy (non-hydrogen) atoms. The minimum Gasteiger partial charge on any atom is -0.342 e. The number of hydrogen-bond acceptors (Lipinski definition) is 2. The van der Waals surface area contributed by atoms with Crippen LogP contribution in [0.5, 0.6) is 0 Å². The monoisotopic (exact) mass is 236 g/mol. The molecular weight excluding hydrogens is 216 g/mol. The minimum absolute atomic E-state index is 0.0937. The number of hydrogen-bond donors (Lipinski definition) is 1. The Hall–Kier alpha value is -1.06. The van der Waals surface area contributed by atoms with Crippen molar-refractivity contribution < 1.29 is 9.59 Å². The Balaban J connectivity index is 1.86. The summed E-state index contributed by atoms with van der Waals surface area (Å²) in [5.74, 6) is 0.625. The molecule has 0 aromatic carbocycles. The lowest BCUT2D eigenvalue weighted by Gasteiger charge is -2.48. The van der Waals surface area contributed by atoms with Gasteiger partial charge in [0.15, 0.2) is 0 Å². The van der Waals surface area contributed by atoms with Crippen LogP contribution in [0, 0.1) is 5.92 Å². The van der Waals surface area contributed by atoms with Crippen LogP contribution in [-0.2, 0) is 9.59 Å². The summed E-state index contributed by atoms with van der Waals surface area (Å²) in [6, 6.07) is -0.236. The number of carbonyl (C=O) groups is 2. The number of amides is 2. The molecule has 4 nitrogen and oxygen atoms in total. The van der Waals surface area contributed by atoms with Crippen molar-refractivity contribution in [3.8, 4) is 0 Å². The third kappa shape index (κ3) is 1.57. The van der Waals surface area contributed by atoms with Crippen LogP contribution >= 0.6 is 0 Å². The minimum atomic E-state index is -0.527. The van der Waals surface area contributed by atoms with Gasteiger partial charge in [-0.3, -0.25) is 9.59 Å². The molecule has 1 saturated heterocycles.